The van der Waals surface area contributed by atoms with Crippen molar-refractivity contribution in [3.8, 4) is 23.2 Å². The van der Waals surface area contributed by atoms with E-state index in [1.165, 1.54) is 24.3 Å². The molecule has 8 nitrogen and oxygen atoms in total. The summed E-state index contributed by atoms with van der Waals surface area (Å²) in [5.74, 6) is 0.424. The summed E-state index contributed by atoms with van der Waals surface area (Å²) in [4.78, 5) is 39.0. The number of ether oxygens (including phenoxy) is 2. The van der Waals surface area contributed by atoms with Crippen LogP contribution in [0.5, 0.6) is 17.4 Å². The van der Waals surface area contributed by atoms with Crippen LogP contribution in [0.15, 0.2) is 58.1 Å². The van der Waals surface area contributed by atoms with E-state index in [2.05, 4.69) is 4.98 Å². The van der Waals surface area contributed by atoms with Gasteiger partial charge in [0.15, 0.2) is 6.29 Å². The highest BCUT2D eigenvalue weighted by molar-refractivity contribution is 5.51. The first-order chi connectivity index (χ1) is 14.2. The Kier molecular flexibility index (Phi) is 5.72. The van der Waals surface area contributed by atoms with Gasteiger partial charge in [0.05, 0.1) is 0 Å². The molecule has 2 aromatic heterocycles. The molecule has 0 unspecified atom stereocenters. The Balaban J connectivity index is 1.97. The van der Waals surface area contributed by atoms with Crippen molar-refractivity contribution in [2.24, 2.45) is 7.05 Å². The molecule has 0 bridgehead atoms. The standard InChI is InChI=1S/C19H14F3N3O5/c1-24-14(19(20,21)22)11-17(27)25(18(24)28)15-6-3-7-16(23-15)30-13-5-2-4-12(10-13)29-9-8-26/h2-8,10-11H,9H2,1H3. The lowest BCUT2D eigenvalue weighted by Crippen LogP contribution is -2.41. The second kappa shape index (κ2) is 8.23. The number of hydrogen-bond donors (Lipinski definition) is 0. The summed E-state index contributed by atoms with van der Waals surface area (Å²) < 4.78 is 50.5. The molecule has 1 aromatic carbocycles. The third kappa shape index (κ3) is 4.40. The van der Waals surface area contributed by atoms with E-state index >= 15 is 0 Å². The highest BCUT2D eigenvalue weighted by Gasteiger charge is 2.35. The first-order valence-electron chi connectivity index (χ1n) is 8.43. The molecule has 0 atom stereocenters. The number of nitrogens with zero attached hydrogens (tertiary/aromatic N) is 3. The number of carbonyl (C=O) groups is 1. The molecule has 0 aliphatic heterocycles. The van der Waals surface area contributed by atoms with Gasteiger partial charge in [-0.15, -0.1) is 0 Å². The lowest BCUT2D eigenvalue weighted by atomic mass is 10.3. The van der Waals surface area contributed by atoms with E-state index in [0.29, 0.717) is 27.2 Å². The van der Waals surface area contributed by atoms with Gasteiger partial charge in [-0.05, 0) is 18.2 Å². The first-order valence-corrected chi connectivity index (χ1v) is 8.43. The molecule has 0 aliphatic rings. The van der Waals surface area contributed by atoms with Crippen LogP contribution in [0.1, 0.15) is 5.69 Å². The molecule has 0 aliphatic carbocycles. The summed E-state index contributed by atoms with van der Waals surface area (Å²) in [6.07, 6.45) is -4.28. The molecular formula is C19H14F3N3O5. The zero-order valence-electron chi connectivity index (χ0n) is 15.4. The van der Waals surface area contributed by atoms with Gasteiger partial charge in [0.2, 0.25) is 5.88 Å². The fraction of sp³-hybridized carbons (Fsp3) is 0.158. The maximum atomic E-state index is 13.0. The average Bonchev–Trinajstić information content (AvgIpc) is 2.69. The summed E-state index contributed by atoms with van der Waals surface area (Å²) in [6, 6.07) is 10.7. The monoisotopic (exact) mass is 421 g/mol. The predicted molar refractivity (Wildman–Crippen MR) is 98.2 cm³/mol. The van der Waals surface area contributed by atoms with E-state index in [-0.39, 0.29) is 24.1 Å². The fourth-order valence-electron chi connectivity index (χ4n) is 2.57. The molecule has 0 spiro atoms. The minimum atomic E-state index is -4.86. The highest BCUT2D eigenvalue weighted by Crippen LogP contribution is 2.27. The van der Waals surface area contributed by atoms with Crippen molar-refractivity contribution in [3.63, 3.8) is 0 Å². The Bertz CT molecular complexity index is 1200. The second-order valence-electron chi connectivity index (χ2n) is 5.93. The number of hydrogen-bond acceptors (Lipinski definition) is 6. The van der Waals surface area contributed by atoms with E-state index in [0.717, 1.165) is 7.05 Å². The third-order valence-corrected chi connectivity index (χ3v) is 3.89. The quantitative estimate of drug-likeness (QED) is 0.568. The van der Waals surface area contributed by atoms with E-state index < -0.39 is 23.1 Å². The number of alkyl halides is 3. The van der Waals surface area contributed by atoms with Crippen LogP contribution in [0.2, 0.25) is 0 Å². The summed E-state index contributed by atoms with van der Waals surface area (Å²) in [5.41, 5.74) is -3.75. The molecule has 0 radical (unpaired) electrons. The van der Waals surface area contributed by atoms with Gasteiger partial charge < -0.3 is 9.47 Å². The van der Waals surface area contributed by atoms with Gasteiger partial charge in [0.1, 0.15) is 29.6 Å². The summed E-state index contributed by atoms with van der Waals surface area (Å²) in [7, 11) is 0.909. The molecule has 2 heterocycles. The van der Waals surface area contributed by atoms with E-state index in [4.69, 9.17) is 9.47 Å². The SMILES string of the molecule is Cn1c(C(F)(F)F)cc(=O)n(-c2cccc(Oc3cccc(OCC=O)c3)n2)c1=O. The number of rotatable bonds is 6. The van der Waals surface area contributed by atoms with Gasteiger partial charge in [-0.1, -0.05) is 12.1 Å². The fourth-order valence-corrected chi connectivity index (χ4v) is 2.57. The molecule has 0 amide bonds. The molecule has 3 rings (SSSR count). The van der Waals surface area contributed by atoms with Gasteiger partial charge in [-0.2, -0.15) is 18.2 Å². The summed E-state index contributed by atoms with van der Waals surface area (Å²) in [6.45, 7) is -0.142. The lowest BCUT2D eigenvalue weighted by molar-refractivity contribution is -0.144. The predicted octanol–water partition coefficient (Wildman–Crippen LogP) is 2.32. The van der Waals surface area contributed by atoms with Crippen molar-refractivity contribution in [1.29, 1.82) is 0 Å². The molecule has 0 saturated carbocycles. The molecule has 3 aromatic rings. The lowest BCUT2D eigenvalue weighted by Gasteiger charge is -2.14. The average molecular weight is 421 g/mol. The number of aldehydes is 1. The van der Waals surface area contributed by atoms with Gasteiger partial charge in [0, 0.05) is 25.2 Å². The zero-order valence-corrected chi connectivity index (χ0v) is 15.4. The van der Waals surface area contributed by atoms with Crippen molar-refractivity contribution in [1.82, 2.24) is 14.1 Å². The van der Waals surface area contributed by atoms with Crippen LogP contribution in [0.4, 0.5) is 13.2 Å². The van der Waals surface area contributed by atoms with Crippen LogP contribution in [0, 0.1) is 0 Å². The minimum absolute atomic E-state index is 0.0195. The van der Waals surface area contributed by atoms with Gasteiger partial charge in [-0.3, -0.25) is 14.2 Å². The maximum absolute atomic E-state index is 13.0. The van der Waals surface area contributed by atoms with Crippen molar-refractivity contribution in [2.75, 3.05) is 6.61 Å². The smallest absolute Gasteiger partial charge is 0.431 e. The number of halogens is 3. The molecule has 11 heteroatoms. The molecule has 156 valence electrons. The zero-order chi connectivity index (χ0) is 21.9. The van der Waals surface area contributed by atoms with Crippen LogP contribution >= 0.6 is 0 Å². The van der Waals surface area contributed by atoms with Crippen LogP contribution in [-0.4, -0.2) is 27.0 Å². The number of benzene rings is 1. The molecule has 0 fully saturated rings. The van der Waals surface area contributed by atoms with E-state index in [1.807, 2.05) is 0 Å². The Morgan fingerprint density at radius 3 is 2.47 bits per heavy atom. The molecule has 30 heavy (non-hydrogen) atoms. The van der Waals surface area contributed by atoms with Crippen LogP contribution in [0.3, 0.4) is 0 Å². The Morgan fingerprint density at radius 1 is 1.07 bits per heavy atom. The normalized spacial score (nSPS) is 11.2. The Labute approximate surface area is 166 Å². The second-order valence-corrected chi connectivity index (χ2v) is 5.93. The highest BCUT2D eigenvalue weighted by atomic mass is 19.4. The number of aromatic nitrogens is 3. The van der Waals surface area contributed by atoms with Crippen molar-refractivity contribution < 1.29 is 27.4 Å². The van der Waals surface area contributed by atoms with Crippen molar-refractivity contribution in [3.05, 3.63) is 75.1 Å². The molecule has 0 saturated heterocycles. The van der Waals surface area contributed by atoms with Gasteiger partial charge in [-0.25, -0.2) is 9.36 Å². The number of pyridine rings is 1. The van der Waals surface area contributed by atoms with Crippen molar-refractivity contribution in [2.45, 2.75) is 6.18 Å². The Morgan fingerprint density at radius 2 is 1.77 bits per heavy atom. The minimum Gasteiger partial charge on any atom is -0.486 e. The molecule has 0 N–H and O–H groups in total. The third-order valence-electron chi connectivity index (χ3n) is 3.89. The molecular weight excluding hydrogens is 407 g/mol. The maximum Gasteiger partial charge on any atom is 0.431 e. The topological polar surface area (TPSA) is 92.4 Å². The summed E-state index contributed by atoms with van der Waals surface area (Å²) in [5, 5.41) is 0. The van der Waals surface area contributed by atoms with Crippen LogP contribution < -0.4 is 20.7 Å². The largest absolute Gasteiger partial charge is 0.486 e. The van der Waals surface area contributed by atoms with Crippen LogP contribution in [-0.2, 0) is 18.0 Å². The van der Waals surface area contributed by atoms with Crippen molar-refractivity contribution >= 4 is 6.29 Å². The van der Waals surface area contributed by atoms with Gasteiger partial charge >= 0.3 is 11.9 Å². The number of carbonyl (C=O) groups excluding carboxylic acids is 1. The first kappa shape index (κ1) is 20.8. The van der Waals surface area contributed by atoms with E-state index in [9.17, 15) is 27.6 Å². The van der Waals surface area contributed by atoms with Crippen LogP contribution in [0.25, 0.3) is 5.82 Å². The van der Waals surface area contributed by atoms with E-state index in [1.54, 1.807) is 18.2 Å². The summed E-state index contributed by atoms with van der Waals surface area (Å²) >= 11 is 0. The van der Waals surface area contributed by atoms with Gasteiger partial charge in [0.25, 0.3) is 5.56 Å². The Hall–Kier alpha value is -3.89.